The van der Waals surface area contributed by atoms with E-state index in [2.05, 4.69) is 10.1 Å². The van der Waals surface area contributed by atoms with Crippen molar-refractivity contribution in [1.29, 1.82) is 0 Å². The Balaban J connectivity index is 1.85. The second kappa shape index (κ2) is 4.89. The van der Waals surface area contributed by atoms with Crippen molar-refractivity contribution < 1.29 is 14.4 Å². The molecule has 0 amide bonds. The molecule has 100 valence electrons. The van der Waals surface area contributed by atoms with E-state index in [1.54, 1.807) is 12.1 Å². The van der Waals surface area contributed by atoms with E-state index in [4.69, 9.17) is 15.0 Å². The number of aromatic hydroxyl groups is 1. The lowest BCUT2D eigenvalue weighted by atomic mass is 10.00. The van der Waals surface area contributed by atoms with Gasteiger partial charge in [-0.2, -0.15) is 4.98 Å². The first-order valence-corrected chi connectivity index (χ1v) is 6.24. The standard InChI is InChI=1S/C13H15N3O3/c14-10-2-1-9(7-11(10)17)13-15-12(16-19-13)8-3-5-18-6-4-8/h1-2,7-8,17H,3-6,14H2. The van der Waals surface area contributed by atoms with Crippen LogP contribution in [-0.2, 0) is 4.74 Å². The molecule has 6 heteroatoms. The van der Waals surface area contributed by atoms with Crippen LogP contribution in [0.15, 0.2) is 22.7 Å². The summed E-state index contributed by atoms with van der Waals surface area (Å²) in [4.78, 5) is 4.39. The normalized spacial score (nSPS) is 16.6. The molecule has 0 spiro atoms. The van der Waals surface area contributed by atoms with Crippen molar-refractivity contribution in [2.45, 2.75) is 18.8 Å². The Kier molecular flexibility index (Phi) is 3.08. The zero-order chi connectivity index (χ0) is 13.2. The first kappa shape index (κ1) is 12.0. The van der Waals surface area contributed by atoms with Crippen LogP contribution in [0, 0.1) is 0 Å². The summed E-state index contributed by atoms with van der Waals surface area (Å²) >= 11 is 0. The molecular weight excluding hydrogens is 246 g/mol. The minimum absolute atomic E-state index is 0.0170. The molecule has 0 radical (unpaired) electrons. The van der Waals surface area contributed by atoms with E-state index in [0.717, 1.165) is 26.1 Å². The maximum Gasteiger partial charge on any atom is 0.258 e. The molecule has 0 unspecified atom stereocenters. The second-order valence-electron chi connectivity index (χ2n) is 4.62. The molecule has 0 saturated carbocycles. The molecule has 0 atom stereocenters. The summed E-state index contributed by atoms with van der Waals surface area (Å²) in [6.07, 6.45) is 1.82. The minimum atomic E-state index is 0.0170. The van der Waals surface area contributed by atoms with Crippen molar-refractivity contribution in [3.63, 3.8) is 0 Å². The molecule has 0 bridgehead atoms. The van der Waals surface area contributed by atoms with Crippen LogP contribution in [0.5, 0.6) is 5.75 Å². The van der Waals surface area contributed by atoms with E-state index in [1.807, 2.05) is 0 Å². The third-order valence-corrected chi connectivity index (χ3v) is 3.31. The number of benzene rings is 1. The molecule has 1 aromatic heterocycles. The third-order valence-electron chi connectivity index (χ3n) is 3.31. The zero-order valence-corrected chi connectivity index (χ0v) is 10.4. The van der Waals surface area contributed by atoms with Gasteiger partial charge in [0.2, 0.25) is 0 Å². The maximum absolute atomic E-state index is 9.59. The summed E-state index contributed by atoms with van der Waals surface area (Å²) in [6, 6.07) is 4.88. The van der Waals surface area contributed by atoms with E-state index in [0.29, 0.717) is 23.0 Å². The van der Waals surface area contributed by atoms with E-state index in [-0.39, 0.29) is 11.7 Å². The summed E-state index contributed by atoms with van der Waals surface area (Å²) in [5.41, 5.74) is 6.55. The zero-order valence-electron chi connectivity index (χ0n) is 10.4. The number of ether oxygens (including phenoxy) is 1. The van der Waals surface area contributed by atoms with E-state index in [9.17, 15) is 5.11 Å². The molecular formula is C13H15N3O3. The maximum atomic E-state index is 9.59. The first-order valence-electron chi connectivity index (χ1n) is 6.24. The number of phenolic OH excluding ortho intramolecular Hbond substituents is 1. The van der Waals surface area contributed by atoms with Crippen LogP contribution in [0.4, 0.5) is 5.69 Å². The van der Waals surface area contributed by atoms with Crippen LogP contribution in [0.3, 0.4) is 0 Å². The molecule has 6 nitrogen and oxygen atoms in total. The van der Waals surface area contributed by atoms with Crippen molar-refractivity contribution in [1.82, 2.24) is 10.1 Å². The third kappa shape index (κ3) is 2.39. The molecule has 1 aliphatic heterocycles. The van der Waals surface area contributed by atoms with Crippen LogP contribution >= 0.6 is 0 Å². The Bertz CT molecular complexity index is 576. The largest absolute Gasteiger partial charge is 0.506 e. The number of nitrogen functional groups attached to an aromatic ring is 1. The molecule has 1 aliphatic rings. The van der Waals surface area contributed by atoms with Crippen molar-refractivity contribution in [3.8, 4) is 17.2 Å². The average Bonchev–Trinajstić information content (AvgIpc) is 2.93. The van der Waals surface area contributed by atoms with Crippen LogP contribution in [-0.4, -0.2) is 28.5 Å². The van der Waals surface area contributed by atoms with Gasteiger partial charge in [-0.25, -0.2) is 0 Å². The monoisotopic (exact) mass is 261 g/mol. The number of aromatic nitrogens is 2. The molecule has 19 heavy (non-hydrogen) atoms. The summed E-state index contributed by atoms with van der Waals surface area (Å²) < 4.78 is 10.6. The van der Waals surface area contributed by atoms with Crippen molar-refractivity contribution >= 4 is 5.69 Å². The summed E-state index contributed by atoms with van der Waals surface area (Å²) in [6.45, 7) is 1.47. The van der Waals surface area contributed by atoms with Crippen molar-refractivity contribution in [3.05, 3.63) is 24.0 Å². The Labute approximate surface area is 110 Å². The smallest absolute Gasteiger partial charge is 0.258 e. The summed E-state index contributed by atoms with van der Waals surface area (Å²) in [5.74, 6) is 1.41. The molecule has 1 saturated heterocycles. The second-order valence-corrected chi connectivity index (χ2v) is 4.62. The molecule has 2 heterocycles. The topological polar surface area (TPSA) is 94.4 Å². The fraction of sp³-hybridized carbons (Fsp3) is 0.385. The number of hydrogen-bond donors (Lipinski definition) is 2. The number of anilines is 1. The highest BCUT2D eigenvalue weighted by Crippen LogP contribution is 2.29. The number of hydrogen-bond acceptors (Lipinski definition) is 6. The van der Waals surface area contributed by atoms with Crippen LogP contribution in [0.2, 0.25) is 0 Å². The lowest BCUT2D eigenvalue weighted by Gasteiger charge is -2.18. The predicted molar refractivity (Wildman–Crippen MR) is 68.6 cm³/mol. The van der Waals surface area contributed by atoms with E-state index in [1.165, 1.54) is 6.07 Å². The van der Waals surface area contributed by atoms with Gasteiger partial charge in [0.1, 0.15) is 5.75 Å². The average molecular weight is 261 g/mol. The van der Waals surface area contributed by atoms with Crippen molar-refractivity contribution in [2.24, 2.45) is 0 Å². The van der Waals surface area contributed by atoms with Gasteiger partial charge in [0.05, 0.1) is 5.69 Å². The van der Waals surface area contributed by atoms with Gasteiger partial charge < -0.3 is 20.1 Å². The predicted octanol–water partition coefficient (Wildman–Crippen LogP) is 1.92. The van der Waals surface area contributed by atoms with Crippen LogP contribution in [0.25, 0.3) is 11.5 Å². The van der Waals surface area contributed by atoms with Gasteiger partial charge in [0.25, 0.3) is 5.89 Å². The van der Waals surface area contributed by atoms with Crippen LogP contribution < -0.4 is 5.73 Å². The van der Waals surface area contributed by atoms with Gasteiger partial charge in [0.15, 0.2) is 5.82 Å². The van der Waals surface area contributed by atoms with Gasteiger partial charge >= 0.3 is 0 Å². The molecule has 1 fully saturated rings. The molecule has 1 aromatic carbocycles. The quantitative estimate of drug-likeness (QED) is 0.633. The highest BCUT2D eigenvalue weighted by Gasteiger charge is 2.21. The molecule has 3 N–H and O–H groups in total. The lowest BCUT2D eigenvalue weighted by molar-refractivity contribution is 0.0830. The molecule has 3 rings (SSSR count). The molecule has 0 aliphatic carbocycles. The molecule has 2 aromatic rings. The number of rotatable bonds is 2. The number of nitrogens with two attached hydrogens (primary N) is 1. The Hall–Kier alpha value is -2.08. The highest BCUT2D eigenvalue weighted by molar-refractivity contribution is 5.63. The van der Waals surface area contributed by atoms with Gasteiger partial charge in [-0.3, -0.25) is 0 Å². The minimum Gasteiger partial charge on any atom is -0.506 e. The van der Waals surface area contributed by atoms with Gasteiger partial charge in [-0.1, -0.05) is 5.16 Å². The SMILES string of the molecule is Nc1ccc(-c2nc(C3CCOCC3)no2)cc1O. The lowest BCUT2D eigenvalue weighted by Crippen LogP contribution is -2.15. The highest BCUT2D eigenvalue weighted by atomic mass is 16.5. The van der Waals surface area contributed by atoms with Crippen molar-refractivity contribution in [2.75, 3.05) is 18.9 Å². The van der Waals surface area contributed by atoms with E-state index < -0.39 is 0 Å². The van der Waals surface area contributed by atoms with Gasteiger partial charge in [-0.15, -0.1) is 0 Å². The Morgan fingerprint density at radius 2 is 2.05 bits per heavy atom. The Morgan fingerprint density at radius 3 is 2.79 bits per heavy atom. The van der Waals surface area contributed by atoms with E-state index >= 15 is 0 Å². The number of phenols is 1. The van der Waals surface area contributed by atoms with Gasteiger partial charge in [-0.05, 0) is 31.0 Å². The van der Waals surface area contributed by atoms with Gasteiger partial charge in [0, 0.05) is 24.7 Å². The summed E-state index contributed by atoms with van der Waals surface area (Å²) in [7, 11) is 0. The Morgan fingerprint density at radius 1 is 1.26 bits per heavy atom. The fourth-order valence-corrected chi connectivity index (χ4v) is 2.15. The number of nitrogens with zero attached hydrogens (tertiary/aromatic N) is 2. The van der Waals surface area contributed by atoms with Crippen LogP contribution in [0.1, 0.15) is 24.6 Å². The fourth-order valence-electron chi connectivity index (χ4n) is 2.15. The summed E-state index contributed by atoms with van der Waals surface area (Å²) in [5, 5.41) is 13.6. The first-order chi connectivity index (χ1) is 9.24.